The molecule has 1 amide bonds. The second-order valence-corrected chi connectivity index (χ2v) is 4.16. The minimum atomic E-state index is -0.950. The van der Waals surface area contributed by atoms with Crippen LogP contribution in [0.1, 0.15) is 13.3 Å². The average Bonchev–Trinajstić information content (AvgIpc) is 2.37. The van der Waals surface area contributed by atoms with Crippen LogP contribution in [0.2, 0.25) is 0 Å². The van der Waals surface area contributed by atoms with Gasteiger partial charge in [0.25, 0.3) is 0 Å². The average molecular weight is 256 g/mol. The molecule has 0 bridgehead atoms. The minimum Gasteiger partial charge on any atom is -0.319 e. The van der Waals surface area contributed by atoms with Gasteiger partial charge in [-0.15, -0.1) is 0 Å². The highest BCUT2D eigenvalue weighted by molar-refractivity contribution is 5.94. The summed E-state index contributed by atoms with van der Waals surface area (Å²) >= 11 is 0. The maximum atomic E-state index is 13.1. The first kappa shape index (κ1) is 14.6. The largest absolute Gasteiger partial charge is 0.319 e. The first-order valence-electron chi connectivity index (χ1n) is 5.88. The highest BCUT2D eigenvalue weighted by Crippen LogP contribution is 2.19. The summed E-state index contributed by atoms with van der Waals surface area (Å²) in [6, 6.07) is 3.44. The number of rotatable bonds is 5. The molecule has 0 aliphatic heterocycles. The molecular formula is C13H18F2N2O. The molecule has 0 heterocycles. The fourth-order valence-electron chi connectivity index (χ4n) is 1.75. The zero-order valence-corrected chi connectivity index (χ0v) is 10.8. The highest BCUT2D eigenvalue weighted by Gasteiger charge is 2.21. The van der Waals surface area contributed by atoms with E-state index in [9.17, 15) is 13.6 Å². The van der Waals surface area contributed by atoms with Crippen molar-refractivity contribution in [1.29, 1.82) is 0 Å². The molecule has 0 fully saturated rings. The van der Waals surface area contributed by atoms with Crippen molar-refractivity contribution in [1.82, 2.24) is 5.32 Å². The summed E-state index contributed by atoms with van der Waals surface area (Å²) in [5, 5.41) is 2.94. The zero-order valence-electron chi connectivity index (χ0n) is 10.8. The summed E-state index contributed by atoms with van der Waals surface area (Å²) in [5.74, 6) is -2.15. The monoisotopic (exact) mass is 256 g/mol. The van der Waals surface area contributed by atoms with E-state index in [4.69, 9.17) is 0 Å². The van der Waals surface area contributed by atoms with Crippen LogP contribution in [0.4, 0.5) is 14.5 Å². The number of nitrogens with one attached hydrogen (secondary N) is 1. The number of carbonyl (C=O) groups is 1. The van der Waals surface area contributed by atoms with Gasteiger partial charge in [0.05, 0.1) is 5.92 Å². The molecule has 5 heteroatoms. The molecule has 1 unspecified atom stereocenters. The van der Waals surface area contributed by atoms with Gasteiger partial charge < -0.3 is 10.2 Å². The number of nitrogens with zero attached hydrogens (tertiary/aromatic N) is 1. The van der Waals surface area contributed by atoms with Crippen LogP contribution in [-0.2, 0) is 4.79 Å². The molecule has 18 heavy (non-hydrogen) atoms. The van der Waals surface area contributed by atoms with Crippen molar-refractivity contribution in [3.63, 3.8) is 0 Å². The van der Waals surface area contributed by atoms with Crippen LogP contribution in [0.25, 0.3) is 0 Å². The molecule has 1 N–H and O–H groups in total. The van der Waals surface area contributed by atoms with E-state index in [-0.39, 0.29) is 11.8 Å². The van der Waals surface area contributed by atoms with E-state index in [0.29, 0.717) is 18.7 Å². The molecule has 0 spiro atoms. The third kappa shape index (κ3) is 3.26. The predicted molar refractivity (Wildman–Crippen MR) is 67.5 cm³/mol. The maximum absolute atomic E-state index is 13.1. The van der Waals surface area contributed by atoms with Gasteiger partial charge in [-0.3, -0.25) is 4.79 Å². The topological polar surface area (TPSA) is 32.3 Å². The van der Waals surface area contributed by atoms with Gasteiger partial charge in [-0.25, -0.2) is 8.78 Å². The summed E-state index contributed by atoms with van der Waals surface area (Å²) in [6.07, 6.45) is 0.688. The van der Waals surface area contributed by atoms with Gasteiger partial charge in [0.15, 0.2) is 11.6 Å². The lowest BCUT2D eigenvalue weighted by atomic mass is 10.0. The van der Waals surface area contributed by atoms with Gasteiger partial charge in [-0.05, 0) is 25.6 Å². The Balaban J connectivity index is 2.88. The van der Waals surface area contributed by atoms with Gasteiger partial charge in [0.1, 0.15) is 0 Å². The Morgan fingerprint density at radius 1 is 1.39 bits per heavy atom. The molecule has 1 atom stereocenters. The first-order valence-corrected chi connectivity index (χ1v) is 5.88. The van der Waals surface area contributed by atoms with E-state index in [2.05, 4.69) is 5.32 Å². The standard InChI is InChI=1S/C13H18F2N2O/c1-4-9(8-16-2)13(18)17(3)10-5-6-11(14)12(15)7-10/h5-7,9,16H,4,8H2,1-3H3. The molecule has 1 aromatic carbocycles. The number of anilines is 1. The summed E-state index contributed by atoms with van der Waals surface area (Å²) in [7, 11) is 3.33. The van der Waals surface area contributed by atoms with E-state index in [1.165, 1.54) is 11.0 Å². The maximum Gasteiger partial charge on any atom is 0.231 e. The van der Waals surface area contributed by atoms with Crippen LogP contribution in [0.5, 0.6) is 0 Å². The number of amides is 1. The van der Waals surface area contributed by atoms with E-state index < -0.39 is 11.6 Å². The zero-order chi connectivity index (χ0) is 13.7. The van der Waals surface area contributed by atoms with Crippen LogP contribution in [-0.4, -0.2) is 26.5 Å². The summed E-state index contributed by atoms with van der Waals surface area (Å²) < 4.78 is 25.9. The van der Waals surface area contributed by atoms with Crippen LogP contribution in [0.3, 0.4) is 0 Å². The van der Waals surface area contributed by atoms with Crippen molar-refractivity contribution in [3.05, 3.63) is 29.8 Å². The normalized spacial score (nSPS) is 12.3. The quantitative estimate of drug-likeness (QED) is 0.875. The van der Waals surface area contributed by atoms with Gasteiger partial charge in [-0.2, -0.15) is 0 Å². The van der Waals surface area contributed by atoms with Gasteiger partial charge >= 0.3 is 0 Å². The van der Waals surface area contributed by atoms with Gasteiger partial charge in [0, 0.05) is 25.3 Å². The molecule has 0 saturated carbocycles. The predicted octanol–water partition coefficient (Wildman–Crippen LogP) is 2.17. The smallest absolute Gasteiger partial charge is 0.231 e. The van der Waals surface area contributed by atoms with E-state index in [0.717, 1.165) is 12.1 Å². The van der Waals surface area contributed by atoms with E-state index >= 15 is 0 Å². The van der Waals surface area contributed by atoms with Crippen molar-refractivity contribution in [2.75, 3.05) is 25.5 Å². The number of benzene rings is 1. The Hall–Kier alpha value is -1.49. The van der Waals surface area contributed by atoms with Crippen LogP contribution in [0.15, 0.2) is 18.2 Å². The molecule has 0 aliphatic carbocycles. The molecule has 0 saturated heterocycles. The van der Waals surface area contributed by atoms with Crippen molar-refractivity contribution in [2.45, 2.75) is 13.3 Å². The lowest BCUT2D eigenvalue weighted by molar-refractivity contribution is -0.122. The molecule has 100 valence electrons. The summed E-state index contributed by atoms with van der Waals surface area (Å²) in [5.41, 5.74) is 0.355. The van der Waals surface area contributed by atoms with Gasteiger partial charge in [-0.1, -0.05) is 6.92 Å². The minimum absolute atomic E-state index is 0.113. The number of halogens is 2. The van der Waals surface area contributed by atoms with E-state index in [1.807, 2.05) is 6.92 Å². The Kier molecular flexibility index (Phi) is 5.22. The lowest BCUT2D eigenvalue weighted by Crippen LogP contribution is -2.37. The molecule has 1 aromatic rings. The molecular weight excluding hydrogens is 238 g/mol. The van der Waals surface area contributed by atoms with Crippen LogP contribution >= 0.6 is 0 Å². The SMILES string of the molecule is CCC(CNC)C(=O)N(C)c1ccc(F)c(F)c1. The van der Waals surface area contributed by atoms with Crippen molar-refractivity contribution in [3.8, 4) is 0 Å². The summed E-state index contributed by atoms with van der Waals surface area (Å²) in [6.45, 7) is 2.47. The Morgan fingerprint density at radius 3 is 2.56 bits per heavy atom. The Labute approximate surface area is 106 Å². The van der Waals surface area contributed by atoms with Crippen molar-refractivity contribution < 1.29 is 13.6 Å². The third-order valence-electron chi connectivity index (χ3n) is 2.91. The molecule has 0 aliphatic rings. The Bertz CT molecular complexity index is 423. The van der Waals surface area contributed by atoms with Crippen molar-refractivity contribution >= 4 is 11.6 Å². The number of hydrogen-bond donors (Lipinski definition) is 1. The fraction of sp³-hybridized carbons (Fsp3) is 0.462. The molecule has 0 aromatic heterocycles. The first-order chi connectivity index (χ1) is 8.51. The molecule has 0 radical (unpaired) electrons. The van der Waals surface area contributed by atoms with E-state index in [1.54, 1.807) is 14.1 Å². The Morgan fingerprint density at radius 2 is 2.06 bits per heavy atom. The second kappa shape index (κ2) is 6.44. The third-order valence-corrected chi connectivity index (χ3v) is 2.91. The van der Waals surface area contributed by atoms with Crippen molar-refractivity contribution in [2.24, 2.45) is 5.92 Å². The van der Waals surface area contributed by atoms with Crippen LogP contribution < -0.4 is 10.2 Å². The van der Waals surface area contributed by atoms with Gasteiger partial charge in [0.2, 0.25) is 5.91 Å². The van der Waals surface area contributed by atoms with Crippen LogP contribution in [0, 0.1) is 17.6 Å². The molecule has 3 nitrogen and oxygen atoms in total. The second-order valence-electron chi connectivity index (χ2n) is 4.16. The fourth-order valence-corrected chi connectivity index (χ4v) is 1.75. The molecule has 1 rings (SSSR count). The highest BCUT2D eigenvalue weighted by atomic mass is 19.2. The lowest BCUT2D eigenvalue weighted by Gasteiger charge is -2.23. The summed E-state index contributed by atoms with van der Waals surface area (Å²) in [4.78, 5) is 13.5. The number of hydrogen-bond acceptors (Lipinski definition) is 2. The number of carbonyl (C=O) groups excluding carboxylic acids is 1.